The van der Waals surface area contributed by atoms with Gasteiger partial charge in [0.25, 0.3) is 0 Å². The van der Waals surface area contributed by atoms with Crippen LogP contribution in [0.15, 0.2) is 60.7 Å². The fourth-order valence-corrected chi connectivity index (χ4v) is 4.21. The van der Waals surface area contributed by atoms with Gasteiger partial charge >= 0.3 is 0 Å². The number of nitriles is 1. The molecule has 3 aromatic carbocycles. The van der Waals surface area contributed by atoms with Crippen molar-refractivity contribution >= 4 is 16.5 Å². The molecule has 1 aliphatic rings. The molecule has 0 amide bonds. The van der Waals surface area contributed by atoms with Crippen LogP contribution in [0.5, 0.6) is 0 Å². The van der Waals surface area contributed by atoms with Crippen molar-refractivity contribution in [3.63, 3.8) is 0 Å². The molecule has 0 saturated carbocycles. The van der Waals surface area contributed by atoms with Crippen molar-refractivity contribution in [2.75, 3.05) is 25.0 Å². The smallest absolute Gasteiger partial charge is 0.0995 e. The van der Waals surface area contributed by atoms with E-state index in [1.165, 1.54) is 5.56 Å². The van der Waals surface area contributed by atoms with Gasteiger partial charge in [-0.3, -0.25) is 4.90 Å². The third-order valence-corrected chi connectivity index (χ3v) is 5.99. The molecule has 29 heavy (non-hydrogen) atoms. The molecule has 0 aromatic heterocycles. The van der Waals surface area contributed by atoms with Crippen molar-refractivity contribution < 1.29 is 5.11 Å². The Kier molecular flexibility index (Phi) is 6.09. The third-order valence-electron chi connectivity index (χ3n) is 5.99. The van der Waals surface area contributed by atoms with E-state index in [0.29, 0.717) is 19.1 Å². The number of hydrogen-bond acceptors (Lipinski definition) is 4. The molecule has 148 valence electrons. The zero-order chi connectivity index (χ0) is 20.1. The van der Waals surface area contributed by atoms with Gasteiger partial charge in [0.1, 0.15) is 0 Å². The summed E-state index contributed by atoms with van der Waals surface area (Å²) in [6.07, 6.45) is 2.13. The molecular formula is C25H27N3O. The minimum absolute atomic E-state index is 0.304. The fraction of sp³-hybridized carbons (Fsp3) is 0.320. The maximum Gasteiger partial charge on any atom is 0.0995 e. The summed E-state index contributed by atoms with van der Waals surface area (Å²) in [5.41, 5.74) is 4.16. The summed E-state index contributed by atoms with van der Waals surface area (Å²) < 4.78 is 0. The highest BCUT2D eigenvalue weighted by molar-refractivity contribution is 5.87. The van der Waals surface area contributed by atoms with Gasteiger partial charge in [0, 0.05) is 25.4 Å². The predicted octanol–water partition coefficient (Wildman–Crippen LogP) is 4.53. The fourth-order valence-electron chi connectivity index (χ4n) is 4.21. The Morgan fingerprint density at radius 2 is 1.76 bits per heavy atom. The van der Waals surface area contributed by atoms with Gasteiger partial charge in [-0.15, -0.1) is 0 Å². The Morgan fingerprint density at radius 1 is 1.00 bits per heavy atom. The van der Waals surface area contributed by atoms with Crippen LogP contribution in [-0.4, -0.2) is 29.7 Å². The number of rotatable bonds is 6. The van der Waals surface area contributed by atoms with Crippen molar-refractivity contribution in [2.24, 2.45) is 5.92 Å². The molecule has 1 aliphatic heterocycles. The number of anilines is 1. The third kappa shape index (κ3) is 4.42. The number of benzene rings is 3. The molecule has 1 fully saturated rings. The summed E-state index contributed by atoms with van der Waals surface area (Å²) in [4.78, 5) is 2.46. The van der Waals surface area contributed by atoms with Crippen LogP contribution >= 0.6 is 0 Å². The van der Waals surface area contributed by atoms with E-state index in [1.807, 2.05) is 24.3 Å². The Hall–Kier alpha value is -2.87. The molecule has 4 heteroatoms. The van der Waals surface area contributed by atoms with Crippen LogP contribution in [0.1, 0.15) is 29.5 Å². The highest BCUT2D eigenvalue weighted by Crippen LogP contribution is 2.26. The molecule has 4 rings (SSSR count). The molecule has 0 aliphatic carbocycles. The average Bonchev–Trinajstić information content (AvgIpc) is 2.78. The van der Waals surface area contributed by atoms with Gasteiger partial charge in [0.05, 0.1) is 11.6 Å². The molecule has 0 radical (unpaired) electrons. The van der Waals surface area contributed by atoms with E-state index >= 15 is 0 Å². The lowest BCUT2D eigenvalue weighted by Crippen LogP contribution is -2.34. The summed E-state index contributed by atoms with van der Waals surface area (Å²) in [6.45, 7) is 3.89. The number of aliphatic hydroxyl groups is 1. The predicted molar refractivity (Wildman–Crippen MR) is 118 cm³/mol. The number of likely N-dealkylation sites (tertiary alicyclic amines) is 1. The number of aliphatic hydroxyl groups excluding tert-OH is 1. The maximum atomic E-state index is 9.59. The molecule has 0 spiro atoms. The van der Waals surface area contributed by atoms with Gasteiger partial charge in [-0.1, -0.05) is 48.5 Å². The first-order valence-corrected chi connectivity index (χ1v) is 10.3. The first-order chi connectivity index (χ1) is 14.3. The minimum Gasteiger partial charge on any atom is -0.396 e. The summed E-state index contributed by atoms with van der Waals surface area (Å²) in [5.74, 6) is 0.454. The molecule has 1 heterocycles. The van der Waals surface area contributed by atoms with Gasteiger partial charge in [-0.25, -0.2) is 0 Å². The lowest BCUT2D eigenvalue weighted by atomic mass is 9.97. The Bertz CT molecular complexity index is 1020. The first-order valence-electron chi connectivity index (χ1n) is 10.3. The number of fused-ring (bicyclic) bond motifs is 1. The normalized spacial score (nSPS) is 15.3. The second-order valence-corrected chi connectivity index (χ2v) is 7.84. The molecule has 2 N–H and O–H groups in total. The molecule has 0 unspecified atom stereocenters. The highest BCUT2D eigenvalue weighted by atomic mass is 16.3. The number of piperidine rings is 1. The highest BCUT2D eigenvalue weighted by Gasteiger charge is 2.19. The number of nitrogens with one attached hydrogen (secondary N) is 1. The van der Waals surface area contributed by atoms with Gasteiger partial charge in [0.2, 0.25) is 0 Å². The second-order valence-electron chi connectivity index (χ2n) is 7.84. The van der Waals surface area contributed by atoms with Gasteiger partial charge < -0.3 is 10.4 Å². The molecule has 3 aromatic rings. The average molecular weight is 386 g/mol. The van der Waals surface area contributed by atoms with E-state index in [2.05, 4.69) is 52.7 Å². The van der Waals surface area contributed by atoms with Gasteiger partial charge in [-0.2, -0.15) is 5.26 Å². The Balaban J connectivity index is 1.52. The van der Waals surface area contributed by atoms with Crippen molar-refractivity contribution in [1.29, 1.82) is 5.26 Å². The minimum atomic E-state index is 0.304. The first kappa shape index (κ1) is 19.4. The molecule has 0 bridgehead atoms. The Morgan fingerprint density at radius 3 is 2.55 bits per heavy atom. The van der Waals surface area contributed by atoms with Crippen LogP contribution in [0, 0.1) is 17.2 Å². The van der Waals surface area contributed by atoms with Crippen LogP contribution in [0.2, 0.25) is 0 Å². The van der Waals surface area contributed by atoms with Crippen molar-refractivity contribution in [3.8, 4) is 6.07 Å². The van der Waals surface area contributed by atoms with Crippen LogP contribution in [0.4, 0.5) is 5.69 Å². The summed E-state index contributed by atoms with van der Waals surface area (Å²) >= 11 is 0. The van der Waals surface area contributed by atoms with Crippen LogP contribution < -0.4 is 5.32 Å². The van der Waals surface area contributed by atoms with Crippen LogP contribution in [-0.2, 0) is 13.1 Å². The largest absolute Gasteiger partial charge is 0.396 e. The van der Waals surface area contributed by atoms with E-state index < -0.39 is 0 Å². The monoisotopic (exact) mass is 385 g/mol. The number of hydrogen-bond donors (Lipinski definition) is 2. The van der Waals surface area contributed by atoms with Crippen LogP contribution in [0.25, 0.3) is 10.8 Å². The zero-order valence-electron chi connectivity index (χ0n) is 16.6. The zero-order valence-corrected chi connectivity index (χ0v) is 16.6. The van der Waals surface area contributed by atoms with Crippen LogP contribution in [0.3, 0.4) is 0 Å². The molecule has 4 nitrogen and oxygen atoms in total. The number of para-hydroxylation sites is 1. The van der Waals surface area contributed by atoms with Crippen molar-refractivity contribution in [1.82, 2.24) is 4.90 Å². The maximum absolute atomic E-state index is 9.59. The topological polar surface area (TPSA) is 59.3 Å². The number of nitrogens with zero attached hydrogens (tertiary/aromatic N) is 2. The standard InChI is InChI=1S/C25H27N3O/c26-15-21-10-9-20-5-1-3-7-23(20)24(21)16-27-25-8-4-2-6-22(25)17-28-13-11-19(18-29)12-14-28/h1-10,19,27,29H,11-14,16-18H2. The van der Waals surface area contributed by atoms with E-state index in [4.69, 9.17) is 0 Å². The second kappa shape index (κ2) is 9.09. The molecule has 1 saturated heterocycles. The quantitative estimate of drug-likeness (QED) is 0.655. The van der Waals surface area contributed by atoms with Gasteiger partial charge in [-0.05, 0) is 65.9 Å². The van der Waals surface area contributed by atoms with E-state index in [1.54, 1.807) is 0 Å². The summed E-state index contributed by atoms with van der Waals surface area (Å²) in [6, 6.07) is 22.9. The van der Waals surface area contributed by atoms with Crippen molar-refractivity contribution in [3.05, 3.63) is 77.4 Å². The van der Waals surface area contributed by atoms with Gasteiger partial charge in [0.15, 0.2) is 0 Å². The lowest BCUT2D eigenvalue weighted by molar-refractivity contribution is 0.127. The Labute approximate surface area is 172 Å². The lowest BCUT2D eigenvalue weighted by Gasteiger charge is -2.31. The molecular weight excluding hydrogens is 358 g/mol. The molecule has 0 atom stereocenters. The SMILES string of the molecule is N#Cc1ccc2ccccc2c1CNc1ccccc1CN1CCC(CO)CC1. The van der Waals surface area contributed by atoms with E-state index in [-0.39, 0.29) is 0 Å². The van der Waals surface area contributed by atoms with E-state index in [9.17, 15) is 10.4 Å². The summed E-state index contributed by atoms with van der Waals surface area (Å²) in [5, 5.41) is 24.8. The summed E-state index contributed by atoms with van der Waals surface area (Å²) in [7, 11) is 0. The van der Waals surface area contributed by atoms with Crippen molar-refractivity contribution in [2.45, 2.75) is 25.9 Å². The van der Waals surface area contributed by atoms with E-state index in [0.717, 1.165) is 60.1 Å².